The number of halogens is 4. The Balaban J connectivity index is 2.08. The number of anilines is 3. The zero-order valence-electron chi connectivity index (χ0n) is 13.4. The van der Waals surface area contributed by atoms with Crippen molar-refractivity contribution in [3.8, 4) is 0 Å². The van der Waals surface area contributed by atoms with E-state index in [9.17, 15) is 18.0 Å². The third kappa shape index (κ3) is 4.10. The molecule has 134 valence electrons. The zero-order valence-corrected chi connectivity index (χ0v) is 14.9. The number of rotatable bonds is 3. The van der Waals surface area contributed by atoms with Crippen LogP contribution >= 0.6 is 15.9 Å². The van der Waals surface area contributed by atoms with Crippen LogP contribution in [0.1, 0.15) is 12.7 Å². The Bertz CT molecular complexity index is 991. The van der Waals surface area contributed by atoms with Gasteiger partial charge in [-0.1, -0.05) is 22.0 Å². The first-order chi connectivity index (χ1) is 12.2. The summed E-state index contributed by atoms with van der Waals surface area (Å²) in [6, 6.07) is 11.3. The molecule has 5 nitrogen and oxygen atoms in total. The molecule has 3 aromatic rings. The number of carbonyl (C=O) groups is 1. The smallest absolute Gasteiger partial charge is 0.340 e. The summed E-state index contributed by atoms with van der Waals surface area (Å²) < 4.78 is 40.0. The Morgan fingerprint density at radius 1 is 1.08 bits per heavy atom. The summed E-state index contributed by atoms with van der Waals surface area (Å²) in [4.78, 5) is 18.4. The van der Waals surface area contributed by atoms with Crippen LogP contribution in [0.3, 0.4) is 0 Å². The van der Waals surface area contributed by atoms with Gasteiger partial charge in [-0.25, -0.2) is 9.97 Å². The van der Waals surface area contributed by atoms with E-state index < -0.39 is 12.0 Å². The molecule has 1 aromatic heterocycles. The minimum absolute atomic E-state index is 0.0172. The second kappa shape index (κ2) is 6.91. The number of aromatic nitrogens is 2. The maximum atomic E-state index is 13.1. The summed E-state index contributed by atoms with van der Waals surface area (Å²) in [6.07, 6.45) is -4.67. The van der Waals surface area contributed by atoms with E-state index in [0.717, 1.165) is 0 Å². The fourth-order valence-electron chi connectivity index (χ4n) is 2.34. The fourth-order valence-corrected chi connectivity index (χ4v) is 2.70. The molecule has 0 radical (unpaired) electrons. The van der Waals surface area contributed by atoms with Crippen LogP contribution in [0.5, 0.6) is 0 Å². The maximum Gasteiger partial charge on any atom is 0.451 e. The van der Waals surface area contributed by atoms with Crippen molar-refractivity contribution >= 4 is 49.9 Å². The summed E-state index contributed by atoms with van der Waals surface area (Å²) in [6.45, 7) is 1.37. The molecule has 0 unspecified atom stereocenters. The van der Waals surface area contributed by atoms with Gasteiger partial charge in [0.05, 0.1) is 5.52 Å². The molecule has 0 spiro atoms. The topological polar surface area (TPSA) is 66.9 Å². The van der Waals surface area contributed by atoms with Crippen LogP contribution in [0, 0.1) is 0 Å². The lowest BCUT2D eigenvalue weighted by Crippen LogP contribution is -2.13. The Morgan fingerprint density at radius 2 is 1.81 bits per heavy atom. The molecule has 1 amide bonds. The molecule has 26 heavy (non-hydrogen) atoms. The van der Waals surface area contributed by atoms with Gasteiger partial charge in [-0.15, -0.1) is 0 Å². The SMILES string of the molecule is CC(=O)Nc1cccc(Nc2nc(C(F)(F)F)nc3ccc(Br)cc23)c1. The normalized spacial score (nSPS) is 11.4. The van der Waals surface area contributed by atoms with Crippen LogP contribution in [0.4, 0.5) is 30.4 Å². The van der Waals surface area contributed by atoms with Crippen molar-refractivity contribution in [2.45, 2.75) is 13.1 Å². The van der Waals surface area contributed by atoms with Gasteiger partial charge in [0.15, 0.2) is 0 Å². The summed E-state index contributed by atoms with van der Waals surface area (Å²) in [5.74, 6) is -1.46. The standard InChI is InChI=1S/C17H12BrF3N4O/c1-9(26)22-11-3-2-4-12(8-11)23-15-13-7-10(18)5-6-14(13)24-16(25-15)17(19,20)21/h2-8H,1H3,(H,22,26)(H,23,24,25). The lowest BCUT2D eigenvalue weighted by molar-refractivity contribution is -0.144. The van der Waals surface area contributed by atoms with E-state index in [1.807, 2.05) is 0 Å². The summed E-state index contributed by atoms with van der Waals surface area (Å²) in [7, 11) is 0. The number of alkyl halides is 3. The van der Waals surface area contributed by atoms with Crippen molar-refractivity contribution < 1.29 is 18.0 Å². The highest BCUT2D eigenvalue weighted by atomic mass is 79.9. The highest BCUT2D eigenvalue weighted by molar-refractivity contribution is 9.10. The molecular weight excluding hydrogens is 413 g/mol. The molecule has 0 aliphatic rings. The van der Waals surface area contributed by atoms with Gasteiger partial charge >= 0.3 is 6.18 Å². The minimum Gasteiger partial charge on any atom is -0.340 e. The van der Waals surface area contributed by atoms with Crippen molar-refractivity contribution in [1.82, 2.24) is 9.97 Å². The first-order valence-electron chi connectivity index (χ1n) is 7.41. The van der Waals surface area contributed by atoms with Crippen molar-refractivity contribution in [3.05, 3.63) is 52.8 Å². The predicted octanol–water partition coefficient (Wildman–Crippen LogP) is 5.11. The highest BCUT2D eigenvalue weighted by Crippen LogP contribution is 2.33. The van der Waals surface area contributed by atoms with Crippen LogP contribution in [-0.2, 0) is 11.0 Å². The first-order valence-corrected chi connectivity index (χ1v) is 8.21. The van der Waals surface area contributed by atoms with E-state index in [0.29, 0.717) is 21.2 Å². The lowest BCUT2D eigenvalue weighted by Gasteiger charge is -2.13. The number of fused-ring (bicyclic) bond motifs is 1. The summed E-state index contributed by atoms with van der Waals surface area (Å²) in [5, 5.41) is 5.92. The number of carbonyl (C=O) groups excluding carboxylic acids is 1. The number of hydrogen-bond donors (Lipinski definition) is 2. The quantitative estimate of drug-likeness (QED) is 0.612. The van der Waals surface area contributed by atoms with Gasteiger partial charge in [0.2, 0.25) is 11.7 Å². The number of nitrogens with zero attached hydrogens (tertiary/aromatic N) is 2. The molecule has 2 aromatic carbocycles. The van der Waals surface area contributed by atoms with E-state index in [-0.39, 0.29) is 17.2 Å². The molecule has 0 saturated heterocycles. The van der Waals surface area contributed by atoms with Crippen molar-refractivity contribution in [3.63, 3.8) is 0 Å². The average molecular weight is 425 g/mol. The van der Waals surface area contributed by atoms with Crippen LogP contribution in [0.2, 0.25) is 0 Å². The highest BCUT2D eigenvalue weighted by Gasteiger charge is 2.35. The van der Waals surface area contributed by atoms with Gasteiger partial charge < -0.3 is 10.6 Å². The van der Waals surface area contributed by atoms with Crippen LogP contribution < -0.4 is 10.6 Å². The minimum atomic E-state index is -4.67. The number of hydrogen-bond acceptors (Lipinski definition) is 4. The fraction of sp³-hybridized carbons (Fsp3) is 0.118. The van der Waals surface area contributed by atoms with Gasteiger partial charge in [0.1, 0.15) is 5.82 Å². The Labute approximate surface area is 154 Å². The molecule has 3 rings (SSSR count). The molecular formula is C17H12BrF3N4O. The van der Waals surface area contributed by atoms with E-state index in [2.05, 4.69) is 36.5 Å². The molecule has 0 aliphatic heterocycles. The molecule has 9 heteroatoms. The third-order valence-corrected chi connectivity index (χ3v) is 3.85. The van der Waals surface area contributed by atoms with E-state index >= 15 is 0 Å². The van der Waals surface area contributed by atoms with Crippen LogP contribution in [-0.4, -0.2) is 15.9 Å². The van der Waals surface area contributed by atoms with Gasteiger partial charge in [0, 0.05) is 28.2 Å². The Hall–Kier alpha value is -2.68. The van der Waals surface area contributed by atoms with E-state index in [4.69, 9.17) is 0 Å². The maximum absolute atomic E-state index is 13.1. The molecule has 1 heterocycles. The second-order valence-electron chi connectivity index (χ2n) is 5.44. The van der Waals surface area contributed by atoms with E-state index in [1.54, 1.807) is 36.4 Å². The number of benzene rings is 2. The van der Waals surface area contributed by atoms with Gasteiger partial charge in [-0.2, -0.15) is 13.2 Å². The Kier molecular flexibility index (Phi) is 4.82. The molecule has 2 N–H and O–H groups in total. The van der Waals surface area contributed by atoms with Gasteiger partial charge in [-0.3, -0.25) is 4.79 Å². The van der Waals surface area contributed by atoms with Crippen molar-refractivity contribution in [2.75, 3.05) is 10.6 Å². The molecule has 0 bridgehead atoms. The summed E-state index contributed by atoms with van der Waals surface area (Å²) in [5.41, 5.74) is 1.15. The number of amides is 1. The zero-order chi connectivity index (χ0) is 18.9. The van der Waals surface area contributed by atoms with Gasteiger partial charge in [0.25, 0.3) is 0 Å². The molecule has 0 fully saturated rings. The van der Waals surface area contributed by atoms with Gasteiger partial charge in [-0.05, 0) is 36.4 Å². The number of nitrogens with one attached hydrogen (secondary N) is 2. The van der Waals surface area contributed by atoms with E-state index in [1.165, 1.54) is 13.0 Å². The van der Waals surface area contributed by atoms with Crippen LogP contribution in [0.15, 0.2) is 46.9 Å². The lowest BCUT2D eigenvalue weighted by atomic mass is 10.2. The third-order valence-electron chi connectivity index (χ3n) is 3.36. The Morgan fingerprint density at radius 3 is 2.50 bits per heavy atom. The first kappa shape index (κ1) is 18.1. The summed E-state index contributed by atoms with van der Waals surface area (Å²) >= 11 is 3.30. The monoisotopic (exact) mass is 424 g/mol. The van der Waals surface area contributed by atoms with Crippen molar-refractivity contribution in [2.24, 2.45) is 0 Å². The van der Waals surface area contributed by atoms with Crippen LogP contribution in [0.25, 0.3) is 10.9 Å². The molecule has 0 atom stereocenters. The van der Waals surface area contributed by atoms with Crippen molar-refractivity contribution in [1.29, 1.82) is 0 Å². The largest absolute Gasteiger partial charge is 0.451 e. The molecule has 0 aliphatic carbocycles. The average Bonchev–Trinajstić information content (AvgIpc) is 2.54. The molecule has 0 saturated carbocycles. The predicted molar refractivity (Wildman–Crippen MR) is 96.3 cm³/mol. The second-order valence-corrected chi connectivity index (χ2v) is 6.36.